The fourth-order valence-corrected chi connectivity index (χ4v) is 4.20. The number of H-pyrrole nitrogens is 1. The highest BCUT2D eigenvalue weighted by Gasteiger charge is 2.35. The van der Waals surface area contributed by atoms with Gasteiger partial charge in [0.1, 0.15) is 0 Å². The van der Waals surface area contributed by atoms with Gasteiger partial charge in [0.2, 0.25) is 0 Å². The normalized spacial score (nSPS) is 18.7. The van der Waals surface area contributed by atoms with Crippen molar-refractivity contribution in [1.29, 1.82) is 0 Å². The van der Waals surface area contributed by atoms with Gasteiger partial charge in [-0.1, -0.05) is 36.4 Å². The van der Waals surface area contributed by atoms with Gasteiger partial charge in [-0.25, -0.2) is 0 Å². The molecule has 0 bridgehead atoms. The number of aromatic nitrogens is 1. The molecular formula is C22H18N2O2. The average Bonchev–Trinajstić information content (AvgIpc) is 3.20. The Kier molecular flexibility index (Phi) is 3.25. The van der Waals surface area contributed by atoms with Crippen LogP contribution in [0.1, 0.15) is 34.3 Å². The van der Waals surface area contributed by atoms with Crippen molar-refractivity contribution in [2.75, 3.05) is 5.32 Å². The van der Waals surface area contributed by atoms with Crippen molar-refractivity contribution in [3.8, 4) is 0 Å². The quantitative estimate of drug-likeness (QED) is 0.554. The van der Waals surface area contributed by atoms with E-state index >= 15 is 0 Å². The van der Waals surface area contributed by atoms with Crippen molar-refractivity contribution in [3.63, 3.8) is 0 Å². The fraction of sp³-hybridized carbons (Fsp3) is 0.136. The molecule has 2 aromatic heterocycles. The number of hydrogen-bond acceptors (Lipinski definition) is 3. The molecule has 4 heteroatoms. The summed E-state index contributed by atoms with van der Waals surface area (Å²) in [5, 5.41) is 5.40. The van der Waals surface area contributed by atoms with Crippen LogP contribution in [0.2, 0.25) is 0 Å². The van der Waals surface area contributed by atoms with Gasteiger partial charge in [-0.05, 0) is 36.2 Å². The minimum absolute atomic E-state index is 0.0467. The van der Waals surface area contributed by atoms with Crippen LogP contribution in [0.15, 0.2) is 76.3 Å². The van der Waals surface area contributed by atoms with Gasteiger partial charge in [0.25, 0.3) is 5.56 Å². The van der Waals surface area contributed by atoms with Gasteiger partial charge in [-0.15, -0.1) is 0 Å². The summed E-state index contributed by atoms with van der Waals surface area (Å²) >= 11 is 0. The van der Waals surface area contributed by atoms with Gasteiger partial charge in [0.15, 0.2) is 0 Å². The van der Waals surface area contributed by atoms with Crippen LogP contribution in [-0.2, 0) is 0 Å². The number of hydrogen-bond donors (Lipinski definition) is 2. The fourth-order valence-electron chi connectivity index (χ4n) is 4.20. The van der Waals surface area contributed by atoms with Crippen LogP contribution in [-0.4, -0.2) is 4.98 Å². The summed E-state index contributed by atoms with van der Waals surface area (Å²) in [4.78, 5) is 15.5. The first-order valence-electron chi connectivity index (χ1n) is 8.73. The minimum Gasteiger partial charge on any atom is -0.472 e. The molecule has 5 rings (SSSR count). The number of aromatic amines is 1. The number of pyridine rings is 1. The Morgan fingerprint density at radius 2 is 1.81 bits per heavy atom. The van der Waals surface area contributed by atoms with Crippen LogP contribution < -0.4 is 10.9 Å². The zero-order chi connectivity index (χ0) is 17.7. The molecule has 0 spiro atoms. The van der Waals surface area contributed by atoms with Crippen LogP contribution in [0.4, 0.5) is 5.69 Å². The molecule has 1 aliphatic rings. The molecule has 0 aliphatic carbocycles. The summed E-state index contributed by atoms with van der Waals surface area (Å²) < 4.78 is 5.40. The summed E-state index contributed by atoms with van der Waals surface area (Å²) in [6.45, 7) is 1.98. The van der Waals surface area contributed by atoms with E-state index in [1.807, 2.05) is 37.3 Å². The highest BCUT2D eigenvalue weighted by molar-refractivity contribution is 5.98. The lowest BCUT2D eigenvalue weighted by atomic mass is 9.77. The van der Waals surface area contributed by atoms with Crippen LogP contribution in [0, 0.1) is 6.92 Å². The third-order valence-electron chi connectivity index (χ3n) is 5.30. The van der Waals surface area contributed by atoms with Crippen molar-refractivity contribution in [1.82, 2.24) is 4.98 Å². The summed E-state index contributed by atoms with van der Waals surface area (Å²) in [7, 11) is 0. The largest absolute Gasteiger partial charge is 0.472 e. The Bertz CT molecular complexity index is 1140. The molecule has 0 amide bonds. The van der Waals surface area contributed by atoms with E-state index in [1.165, 1.54) is 5.56 Å². The van der Waals surface area contributed by atoms with E-state index in [0.717, 1.165) is 33.3 Å². The van der Waals surface area contributed by atoms with E-state index in [9.17, 15) is 4.79 Å². The first-order valence-corrected chi connectivity index (χ1v) is 8.73. The first-order chi connectivity index (χ1) is 12.7. The van der Waals surface area contributed by atoms with Crippen molar-refractivity contribution in [2.24, 2.45) is 0 Å². The lowest BCUT2D eigenvalue weighted by Crippen LogP contribution is -2.27. The maximum Gasteiger partial charge on any atom is 0.256 e. The van der Waals surface area contributed by atoms with Crippen LogP contribution >= 0.6 is 0 Å². The number of rotatable bonds is 2. The van der Waals surface area contributed by atoms with Gasteiger partial charge >= 0.3 is 0 Å². The van der Waals surface area contributed by atoms with Gasteiger partial charge in [0, 0.05) is 33.6 Å². The second kappa shape index (κ2) is 5.63. The number of anilines is 1. The highest BCUT2D eigenvalue weighted by Crippen LogP contribution is 2.48. The third kappa shape index (κ3) is 2.12. The molecule has 128 valence electrons. The molecule has 0 saturated carbocycles. The van der Waals surface area contributed by atoms with Crippen molar-refractivity contribution in [2.45, 2.75) is 18.9 Å². The molecule has 0 fully saturated rings. The Morgan fingerprint density at radius 1 is 0.962 bits per heavy atom. The molecule has 0 saturated heterocycles. The molecule has 2 aromatic carbocycles. The Hall–Kier alpha value is -3.27. The molecule has 2 atom stereocenters. The standard InChI is InChI=1S/C22H18N2O2/c1-13-18-19(15-10-11-26-12-15)21(14-6-3-2-4-7-14)24-17-9-5-8-16(20(17)18)22(25)23-13/h2-12,19,21,24H,1H3,(H,23,25). The topological polar surface area (TPSA) is 58.0 Å². The van der Waals surface area contributed by atoms with E-state index in [-0.39, 0.29) is 17.5 Å². The van der Waals surface area contributed by atoms with Gasteiger partial charge in [0.05, 0.1) is 18.6 Å². The van der Waals surface area contributed by atoms with Crippen LogP contribution in [0.5, 0.6) is 0 Å². The van der Waals surface area contributed by atoms with E-state index < -0.39 is 0 Å². The maximum absolute atomic E-state index is 12.5. The molecular weight excluding hydrogens is 324 g/mol. The smallest absolute Gasteiger partial charge is 0.256 e. The van der Waals surface area contributed by atoms with E-state index in [1.54, 1.807) is 12.5 Å². The molecule has 4 aromatic rings. The predicted molar refractivity (Wildman–Crippen MR) is 103 cm³/mol. The van der Waals surface area contributed by atoms with Crippen molar-refractivity contribution >= 4 is 16.5 Å². The highest BCUT2D eigenvalue weighted by atomic mass is 16.3. The molecule has 0 radical (unpaired) electrons. The summed E-state index contributed by atoms with van der Waals surface area (Å²) in [5.74, 6) is 0.0467. The van der Waals surface area contributed by atoms with Gasteiger partial charge < -0.3 is 14.7 Å². The predicted octanol–water partition coefficient (Wildman–Crippen LogP) is 4.73. The molecule has 2 N–H and O–H groups in total. The number of benzene rings is 2. The molecule has 4 nitrogen and oxygen atoms in total. The van der Waals surface area contributed by atoms with Crippen molar-refractivity contribution in [3.05, 3.63) is 99.9 Å². The SMILES string of the molecule is Cc1[nH]c(=O)c2cccc3c2c1C(c1ccoc1)C(c1ccccc1)N3. The van der Waals surface area contributed by atoms with Gasteiger partial charge in [-0.3, -0.25) is 4.79 Å². The van der Waals surface area contributed by atoms with Crippen molar-refractivity contribution < 1.29 is 4.42 Å². The second-order valence-electron chi connectivity index (χ2n) is 6.79. The Labute approximate surface area is 150 Å². The van der Waals surface area contributed by atoms with E-state index in [4.69, 9.17) is 4.42 Å². The molecule has 1 aliphatic heterocycles. The third-order valence-corrected chi connectivity index (χ3v) is 5.30. The van der Waals surface area contributed by atoms with E-state index in [2.05, 4.69) is 34.6 Å². The maximum atomic E-state index is 12.5. The molecule has 26 heavy (non-hydrogen) atoms. The lowest BCUT2D eigenvalue weighted by Gasteiger charge is -2.36. The second-order valence-corrected chi connectivity index (χ2v) is 6.79. The molecule has 2 unspecified atom stereocenters. The molecule has 3 heterocycles. The number of furan rings is 1. The van der Waals surface area contributed by atoms with Crippen LogP contribution in [0.3, 0.4) is 0 Å². The first kappa shape index (κ1) is 15.0. The summed E-state index contributed by atoms with van der Waals surface area (Å²) in [5.41, 5.74) is 5.31. The zero-order valence-corrected chi connectivity index (χ0v) is 14.3. The lowest BCUT2D eigenvalue weighted by molar-refractivity contribution is 0.556. The Balaban J connectivity index is 1.86. The van der Waals surface area contributed by atoms with Crippen LogP contribution in [0.25, 0.3) is 10.8 Å². The summed E-state index contributed by atoms with van der Waals surface area (Å²) in [6, 6.07) is 18.3. The van der Waals surface area contributed by atoms with Gasteiger partial charge in [-0.2, -0.15) is 0 Å². The zero-order valence-electron chi connectivity index (χ0n) is 14.3. The Morgan fingerprint density at radius 3 is 2.58 bits per heavy atom. The monoisotopic (exact) mass is 342 g/mol. The minimum atomic E-state index is -0.0472. The number of aryl methyl sites for hydroxylation is 1. The summed E-state index contributed by atoms with van der Waals surface area (Å²) in [6.07, 6.45) is 3.50. The average molecular weight is 342 g/mol. The van der Waals surface area contributed by atoms with E-state index in [0.29, 0.717) is 0 Å². The number of nitrogens with one attached hydrogen (secondary N) is 2.